The first-order valence-corrected chi connectivity index (χ1v) is 7.93. The van der Waals surface area contributed by atoms with Gasteiger partial charge in [-0.3, -0.25) is 0 Å². The number of hydrogen-bond donors (Lipinski definition) is 0. The van der Waals surface area contributed by atoms with Gasteiger partial charge in [-0.1, -0.05) is 31.0 Å². The number of rotatable bonds is 2. The second-order valence-corrected chi connectivity index (χ2v) is 6.56. The standard InChI is InChI=1S/C16H22ClN3/c1-3-13-14(17)19-15(12(2)18-13)20-10-8-16(9-11-20)6-4-5-7-16/h3H,1,4-11H2,2H3. The molecule has 0 unspecified atom stereocenters. The minimum Gasteiger partial charge on any atom is -0.355 e. The smallest absolute Gasteiger partial charge is 0.157 e. The van der Waals surface area contributed by atoms with E-state index in [9.17, 15) is 0 Å². The van der Waals surface area contributed by atoms with Gasteiger partial charge in [-0.05, 0) is 44.1 Å². The highest BCUT2D eigenvalue weighted by Gasteiger charge is 2.37. The van der Waals surface area contributed by atoms with E-state index in [-0.39, 0.29) is 0 Å². The summed E-state index contributed by atoms with van der Waals surface area (Å²) < 4.78 is 0. The summed E-state index contributed by atoms with van der Waals surface area (Å²) in [6.07, 6.45) is 9.90. The number of aromatic nitrogens is 2. The SMILES string of the molecule is C=Cc1nc(C)c(N2CCC3(CCCC3)CC2)nc1Cl. The predicted octanol–water partition coefficient (Wildman–Crippen LogP) is 4.24. The number of halogens is 1. The molecule has 3 rings (SSSR count). The number of piperidine rings is 1. The van der Waals surface area contributed by atoms with Gasteiger partial charge in [0.15, 0.2) is 11.0 Å². The molecule has 1 saturated carbocycles. The third kappa shape index (κ3) is 2.44. The molecule has 2 aliphatic rings. The van der Waals surface area contributed by atoms with E-state index in [4.69, 9.17) is 11.6 Å². The molecule has 0 aromatic carbocycles. The number of nitrogens with zero attached hydrogens (tertiary/aromatic N) is 3. The summed E-state index contributed by atoms with van der Waals surface area (Å²) in [6.45, 7) is 7.89. The van der Waals surface area contributed by atoms with Crippen molar-refractivity contribution in [3.63, 3.8) is 0 Å². The molecule has 2 heterocycles. The van der Waals surface area contributed by atoms with Crippen molar-refractivity contribution in [3.05, 3.63) is 23.1 Å². The number of aryl methyl sites for hydroxylation is 1. The van der Waals surface area contributed by atoms with Gasteiger partial charge in [0.05, 0.1) is 5.69 Å². The van der Waals surface area contributed by atoms with Crippen molar-refractivity contribution in [1.29, 1.82) is 0 Å². The van der Waals surface area contributed by atoms with E-state index in [1.54, 1.807) is 6.08 Å². The second kappa shape index (κ2) is 5.36. The van der Waals surface area contributed by atoms with Gasteiger partial charge in [0.2, 0.25) is 0 Å². The van der Waals surface area contributed by atoms with Crippen LogP contribution in [0.2, 0.25) is 5.15 Å². The Labute approximate surface area is 126 Å². The van der Waals surface area contributed by atoms with E-state index in [1.165, 1.54) is 38.5 Å². The quantitative estimate of drug-likeness (QED) is 0.816. The highest BCUT2D eigenvalue weighted by atomic mass is 35.5. The summed E-state index contributed by atoms with van der Waals surface area (Å²) in [5, 5.41) is 0.460. The second-order valence-electron chi connectivity index (χ2n) is 6.21. The van der Waals surface area contributed by atoms with E-state index in [2.05, 4.69) is 21.4 Å². The lowest BCUT2D eigenvalue weighted by molar-refractivity contribution is 0.226. The molecule has 1 aromatic heterocycles. The molecule has 2 fully saturated rings. The molecule has 20 heavy (non-hydrogen) atoms. The summed E-state index contributed by atoms with van der Waals surface area (Å²) in [5.74, 6) is 0.952. The van der Waals surface area contributed by atoms with E-state index >= 15 is 0 Å². The Morgan fingerprint density at radius 2 is 1.80 bits per heavy atom. The van der Waals surface area contributed by atoms with Gasteiger partial charge < -0.3 is 4.90 Å². The minimum absolute atomic E-state index is 0.460. The van der Waals surface area contributed by atoms with Crippen molar-refractivity contribution < 1.29 is 0 Å². The maximum atomic E-state index is 6.17. The zero-order valence-corrected chi connectivity index (χ0v) is 12.9. The summed E-state index contributed by atoms with van der Waals surface area (Å²) in [6, 6.07) is 0. The maximum absolute atomic E-state index is 6.17. The van der Waals surface area contributed by atoms with Crippen LogP contribution in [0, 0.1) is 12.3 Å². The molecule has 0 amide bonds. The zero-order chi connectivity index (χ0) is 14.2. The topological polar surface area (TPSA) is 29.0 Å². The number of hydrogen-bond acceptors (Lipinski definition) is 3. The minimum atomic E-state index is 0.460. The van der Waals surface area contributed by atoms with E-state index in [0.29, 0.717) is 16.3 Å². The normalized spacial score (nSPS) is 21.4. The molecule has 1 saturated heterocycles. The third-order valence-electron chi connectivity index (χ3n) is 5.01. The fourth-order valence-corrected chi connectivity index (χ4v) is 3.95. The average molecular weight is 292 g/mol. The van der Waals surface area contributed by atoms with Crippen molar-refractivity contribution in [2.45, 2.75) is 45.4 Å². The Morgan fingerprint density at radius 1 is 1.15 bits per heavy atom. The van der Waals surface area contributed by atoms with Crippen LogP contribution in [0.25, 0.3) is 6.08 Å². The molecule has 108 valence electrons. The molecule has 0 bridgehead atoms. The van der Waals surface area contributed by atoms with Gasteiger partial charge in [-0.25, -0.2) is 9.97 Å². The Bertz CT molecular complexity index is 511. The van der Waals surface area contributed by atoms with E-state index in [1.807, 2.05) is 6.92 Å². The van der Waals surface area contributed by atoms with Crippen LogP contribution >= 0.6 is 11.6 Å². The molecule has 1 aliphatic carbocycles. The van der Waals surface area contributed by atoms with E-state index < -0.39 is 0 Å². The summed E-state index contributed by atoms with van der Waals surface area (Å²) in [5.41, 5.74) is 2.26. The van der Waals surface area contributed by atoms with Crippen LogP contribution in [0.1, 0.15) is 49.9 Å². The molecule has 4 heteroatoms. The predicted molar refractivity (Wildman–Crippen MR) is 84.2 cm³/mol. The molecule has 0 atom stereocenters. The first-order valence-electron chi connectivity index (χ1n) is 7.55. The molecule has 3 nitrogen and oxygen atoms in total. The van der Waals surface area contributed by atoms with Crippen LogP contribution in [0.3, 0.4) is 0 Å². The molecular formula is C16H22ClN3. The first kappa shape index (κ1) is 13.9. The average Bonchev–Trinajstić information content (AvgIpc) is 2.90. The Kier molecular flexibility index (Phi) is 3.72. The zero-order valence-electron chi connectivity index (χ0n) is 12.2. The van der Waals surface area contributed by atoms with Crippen molar-refractivity contribution >= 4 is 23.5 Å². The van der Waals surface area contributed by atoms with E-state index in [0.717, 1.165) is 24.6 Å². The van der Waals surface area contributed by atoms with Gasteiger partial charge in [-0.15, -0.1) is 0 Å². The molecule has 0 N–H and O–H groups in total. The van der Waals surface area contributed by atoms with Crippen LogP contribution in [0.5, 0.6) is 0 Å². The van der Waals surface area contributed by atoms with Gasteiger partial charge >= 0.3 is 0 Å². The fourth-order valence-electron chi connectivity index (χ4n) is 3.76. The monoisotopic (exact) mass is 291 g/mol. The molecule has 0 radical (unpaired) electrons. The first-order chi connectivity index (χ1) is 9.63. The Hall–Kier alpha value is -1.09. The Balaban J connectivity index is 1.78. The number of anilines is 1. The molecular weight excluding hydrogens is 270 g/mol. The molecule has 1 spiro atoms. The highest BCUT2D eigenvalue weighted by molar-refractivity contribution is 6.30. The fraction of sp³-hybridized carbons (Fsp3) is 0.625. The maximum Gasteiger partial charge on any atom is 0.157 e. The van der Waals surface area contributed by atoms with Gasteiger partial charge in [0.1, 0.15) is 5.69 Å². The van der Waals surface area contributed by atoms with Crippen LogP contribution in [-0.4, -0.2) is 23.1 Å². The Morgan fingerprint density at radius 3 is 2.40 bits per heavy atom. The van der Waals surface area contributed by atoms with Crippen molar-refractivity contribution in [1.82, 2.24) is 9.97 Å². The lowest BCUT2D eigenvalue weighted by atomic mass is 9.77. The third-order valence-corrected chi connectivity index (χ3v) is 5.29. The van der Waals surface area contributed by atoms with Crippen LogP contribution in [-0.2, 0) is 0 Å². The van der Waals surface area contributed by atoms with Crippen LogP contribution in [0.15, 0.2) is 6.58 Å². The summed E-state index contributed by atoms with van der Waals surface area (Å²) >= 11 is 6.17. The summed E-state index contributed by atoms with van der Waals surface area (Å²) in [7, 11) is 0. The van der Waals surface area contributed by atoms with Gasteiger partial charge in [-0.2, -0.15) is 0 Å². The lowest BCUT2D eigenvalue weighted by Gasteiger charge is -2.40. The van der Waals surface area contributed by atoms with Crippen LogP contribution in [0.4, 0.5) is 5.82 Å². The molecule has 1 aliphatic heterocycles. The lowest BCUT2D eigenvalue weighted by Crippen LogP contribution is -2.39. The van der Waals surface area contributed by atoms with Gasteiger partial charge in [0.25, 0.3) is 0 Å². The highest BCUT2D eigenvalue weighted by Crippen LogP contribution is 2.46. The largest absolute Gasteiger partial charge is 0.355 e. The van der Waals surface area contributed by atoms with Crippen molar-refractivity contribution in [3.8, 4) is 0 Å². The van der Waals surface area contributed by atoms with Crippen molar-refractivity contribution in [2.75, 3.05) is 18.0 Å². The summed E-state index contributed by atoms with van der Waals surface area (Å²) in [4.78, 5) is 11.4. The molecule has 1 aromatic rings. The van der Waals surface area contributed by atoms with Crippen molar-refractivity contribution in [2.24, 2.45) is 5.41 Å². The van der Waals surface area contributed by atoms with Crippen LogP contribution < -0.4 is 4.90 Å². The van der Waals surface area contributed by atoms with Gasteiger partial charge in [0, 0.05) is 13.1 Å².